The van der Waals surface area contributed by atoms with E-state index < -0.39 is 11.0 Å². The minimum Gasteiger partial charge on any atom is -0.495 e. The standard InChI is InChI=1S/C19H21N3O6/c1-12(21(2)10-13-4-6-17-18(8-13)28-11-27-17)19(23)20-15-9-14(22(24)25)5-7-16(15)26-3/h4-9,12H,10-11H2,1-3H3,(H,20,23)/t12-/m1/s1. The number of ether oxygens (including phenoxy) is 3. The third-order valence-corrected chi connectivity index (χ3v) is 4.56. The molecule has 1 atom stereocenters. The number of carbonyl (C=O) groups excluding carboxylic acids is 1. The van der Waals surface area contributed by atoms with E-state index in [-0.39, 0.29) is 24.1 Å². The predicted octanol–water partition coefficient (Wildman–Crippen LogP) is 2.79. The van der Waals surface area contributed by atoms with Gasteiger partial charge in [0.15, 0.2) is 11.5 Å². The Bertz CT molecular complexity index is 901. The molecule has 1 N–H and O–H groups in total. The van der Waals surface area contributed by atoms with E-state index in [1.54, 1.807) is 6.92 Å². The van der Waals surface area contributed by atoms with E-state index in [0.717, 1.165) is 5.56 Å². The molecule has 1 aliphatic heterocycles. The second-order valence-electron chi connectivity index (χ2n) is 6.41. The first kappa shape index (κ1) is 19.4. The van der Waals surface area contributed by atoms with Crippen molar-refractivity contribution in [2.45, 2.75) is 19.5 Å². The molecule has 0 saturated carbocycles. The smallest absolute Gasteiger partial charge is 0.271 e. The summed E-state index contributed by atoms with van der Waals surface area (Å²) in [7, 11) is 3.26. The van der Waals surface area contributed by atoms with Crippen molar-refractivity contribution in [3.05, 3.63) is 52.1 Å². The highest BCUT2D eigenvalue weighted by Crippen LogP contribution is 2.33. The zero-order chi connectivity index (χ0) is 20.3. The molecule has 2 aromatic rings. The number of likely N-dealkylation sites (N-methyl/N-ethyl adjacent to an activating group) is 1. The number of nitro benzene ring substituents is 1. The highest BCUT2D eigenvalue weighted by Gasteiger charge is 2.22. The number of amides is 1. The Kier molecular flexibility index (Phi) is 5.65. The Morgan fingerprint density at radius 2 is 2.04 bits per heavy atom. The van der Waals surface area contributed by atoms with Gasteiger partial charge in [0.05, 0.1) is 23.8 Å². The van der Waals surface area contributed by atoms with Crippen LogP contribution in [-0.2, 0) is 11.3 Å². The molecule has 3 rings (SSSR count). The number of carbonyl (C=O) groups is 1. The number of hydrogen-bond acceptors (Lipinski definition) is 7. The highest BCUT2D eigenvalue weighted by molar-refractivity contribution is 5.96. The van der Waals surface area contributed by atoms with Gasteiger partial charge in [-0.15, -0.1) is 0 Å². The second kappa shape index (κ2) is 8.13. The summed E-state index contributed by atoms with van der Waals surface area (Å²) in [5.41, 5.74) is 1.10. The van der Waals surface area contributed by atoms with Crippen molar-refractivity contribution in [3.8, 4) is 17.2 Å². The fraction of sp³-hybridized carbons (Fsp3) is 0.316. The molecule has 0 aliphatic carbocycles. The third-order valence-electron chi connectivity index (χ3n) is 4.56. The first-order valence-corrected chi connectivity index (χ1v) is 8.61. The highest BCUT2D eigenvalue weighted by atomic mass is 16.7. The molecule has 148 valence electrons. The number of nitrogens with zero attached hydrogens (tertiary/aromatic N) is 2. The van der Waals surface area contributed by atoms with Gasteiger partial charge in [-0.05, 0) is 37.7 Å². The summed E-state index contributed by atoms with van der Waals surface area (Å²) in [6.07, 6.45) is 0. The van der Waals surface area contributed by atoms with Crippen LogP contribution in [0.5, 0.6) is 17.2 Å². The Balaban J connectivity index is 1.68. The summed E-state index contributed by atoms with van der Waals surface area (Å²) < 4.78 is 15.9. The number of non-ortho nitro benzene ring substituents is 1. The van der Waals surface area contributed by atoms with Crippen molar-refractivity contribution in [2.24, 2.45) is 0 Å². The van der Waals surface area contributed by atoms with Crippen LogP contribution in [0, 0.1) is 10.1 Å². The average Bonchev–Trinajstić information content (AvgIpc) is 3.14. The van der Waals surface area contributed by atoms with Gasteiger partial charge in [0.2, 0.25) is 12.7 Å². The van der Waals surface area contributed by atoms with Crippen LogP contribution in [0.25, 0.3) is 0 Å². The van der Waals surface area contributed by atoms with Crippen molar-refractivity contribution < 1.29 is 23.9 Å². The molecule has 1 heterocycles. The van der Waals surface area contributed by atoms with Gasteiger partial charge in [-0.25, -0.2) is 0 Å². The van der Waals surface area contributed by atoms with E-state index in [2.05, 4.69) is 5.32 Å². The predicted molar refractivity (Wildman–Crippen MR) is 102 cm³/mol. The SMILES string of the molecule is COc1ccc([N+](=O)[O-])cc1NC(=O)[C@@H](C)N(C)Cc1ccc2c(c1)OCO2. The largest absolute Gasteiger partial charge is 0.495 e. The molecule has 0 fully saturated rings. The van der Waals surface area contributed by atoms with Crippen molar-refractivity contribution in [3.63, 3.8) is 0 Å². The van der Waals surface area contributed by atoms with E-state index in [1.807, 2.05) is 30.1 Å². The topological polar surface area (TPSA) is 103 Å². The number of methoxy groups -OCH3 is 1. The minimum absolute atomic E-state index is 0.127. The summed E-state index contributed by atoms with van der Waals surface area (Å²) in [4.78, 5) is 25.0. The summed E-state index contributed by atoms with van der Waals surface area (Å²) in [6, 6.07) is 9.20. The minimum atomic E-state index is -0.524. The number of nitrogens with one attached hydrogen (secondary N) is 1. The molecular formula is C19H21N3O6. The van der Waals surface area contributed by atoms with E-state index in [4.69, 9.17) is 14.2 Å². The molecule has 2 aromatic carbocycles. The van der Waals surface area contributed by atoms with Gasteiger partial charge in [0.25, 0.3) is 5.69 Å². The molecule has 1 amide bonds. The van der Waals surface area contributed by atoms with Crippen molar-refractivity contribution in [1.29, 1.82) is 0 Å². The molecule has 9 heteroatoms. The second-order valence-corrected chi connectivity index (χ2v) is 6.41. The molecule has 1 aliphatic rings. The molecular weight excluding hydrogens is 366 g/mol. The summed E-state index contributed by atoms with van der Waals surface area (Å²) >= 11 is 0. The van der Waals surface area contributed by atoms with Crippen LogP contribution in [0.3, 0.4) is 0 Å². The lowest BCUT2D eigenvalue weighted by molar-refractivity contribution is -0.384. The van der Waals surface area contributed by atoms with Crippen LogP contribution < -0.4 is 19.5 Å². The zero-order valence-corrected chi connectivity index (χ0v) is 15.8. The monoisotopic (exact) mass is 387 g/mol. The Labute approximate surface area is 162 Å². The van der Waals surface area contributed by atoms with E-state index >= 15 is 0 Å². The lowest BCUT2D eigenvalue weighted by atomic mass is 10.1. The molecule has 9 nitrogen and oxygen atoms in total. The molecule has 0 unspecified atom stereocenters. The Hall–Kier alpha value is -3.33. The molecule has 0 bridgehead atoms. The van der Waals surface area contributed by atoms with Gasteiger partial charge in [0.1, 0.15) is 5.75 Å². The van der Waals surface area contributed by atoms with Crippen LogP contribution in [0.2, 0.25) is 0 Å². The van der Waals surface area contributed by atoms with E-state index in [1.165, 1.54) is 25.3 Å². The summed E-state index contributed by atoms with van der Waals surface area (Å²) in [5.74, 6) is 1.44. The van der Waals surface area contributed by atoms with Crippen LogP contribution in [0.1, 0.15) is 12.5 Å². The van der Waals surface area contributed by atoms with Gasteiger partial charge >= 0.3 is 0 Å². The lowest BCUT2D eigenvalue weighted by Gasteiger charge is -2.24. The number of nitro groups is 1. The maximum atomic E-state index is 12.7. The first-order valence-electron chi connectivity index (χ1n) is 8.61. The molecule has 0 radical (unpaired) electrons. The number of rotatable bonds is 7. The van der Waals surface area contributed by atoms with Crippen LogP contribution >= 0.6 is 0 Å². The molecule has 28 heavy (non-hydrogen) atoms. The van der Waals surface area contributed by atoms with E-state index in [9.17, 15) is 14.9 Å². The number of hydrogen-bond donors (Lipinski definition) is 1. The summed E-state index contributed by atoms with van der Waals surface area (Å²) in [6.45, 7) is 2.47. The third kappa shape index (κ3) is 4.15. The van der Waals surface area contributed by atoms with Gasteiger partial charge < -0.3 is 19.5 Å². The normalized spacial score (nSPS) is 13.3. The Morgan fingerprint density at radius 1 is 1.29 bits per heavy atom. The average molecular weight is 387 g/mol. The van der Waals surface area contributed by atoms with E-state index in [0.29, 0.717) is 23.8 Å². The maximum Gasteiger partial charge on any atom is 0.271 e. The first-order chi connectivity index (χ1) is 13.4. The van der Waals surface area contributed by atoms with Gasteiger partial charge in [0, 0.05) is 18.7 Å². The fourth-order valence-corrected chi connectivity index (χ4v) is 2.81. The maximum absolute atomic E-state index is 12.7. The van der Waals surface area contributed by atoms with Gasteiger partial charge in [-0.3, -0.25) is 19.8 Å². The molecule has 0 spiro atoms. The number of benzene rings is 2. The number of fused-ring (bicyclic) bond motifs is 1. The molecule has 0 aromatic heterocycles. The van der Waals surface area contributed by atoms with Crippen molar-refractivity contribution in [2.75, 3.05) is 26.3 Å². The molecule has 0 saturated heterocycles. The van der Waals surface area contributed by atoms with Gasteiger partial charge in [-0.2, -0.15) is 0 Å². The Morgan fingerprint density at radius 3 is 2.75 bits per heavy atom. The lowest BCUT2D eigenvalue weighted by Crippen LogP contribution is -2.39. The van der Waals surface area contributed by atoms with Crippen molar-refractivity contribution >= 4 is 17.3 Å². The fourth-order valence-electron chi connectivity index (χ4n) is 2.81. The quantitative estimate of drug-likeness (QED) is 0.575. The number of anilines is 1. The van der Waals surface area contributed by atoms with Crippen LogP contribution in [-0.4, -0.2) is 42.7 Å². The van der Waals surface area contributed by atoms with Crippen molar-refractivity contribution in [1.82, 2.24) is 4.90 Å². The zero-order valence-electron chi connectivity index (χ0n) is 15.8. The van der Waals surface area contributed by atoms with Crippen LogP contribution in [0.15, 0.2) is 36.4 Å². The summed E-state index contributed by atoms with van der Waals surface area (Å²) in [5, 5.41) is 13.7. The van der Waals surface area contributed by atoms with Gasteiger partial charge in [-0.1, -0.05) is 6.07 Å². The van der Waals surface area contributed by atoms with Crippen LogP contribution in [0.4, 0.5) is 11.4 Å².